The molecule has 32 heavy (non-hydrogen) atoms. The molecule has 0 saturated carbocycles. The second-order valence-corrected chi connectivity index (χ2v) is 7.85. The zero-order valence-corrected chi connectivity index (χ0v) is 18.4. The highest BCUT2D eigenvalue weighted by molar-refractivity contribution is 6.33. The van der Waals surface area contributed by atoms with Gasteiger partial charge in [-0.05, 0) is 37.6 Å². The van der Waals surface area contributed by atoms with Gasteiger partial charge in [0.25, 0.3) is 11.8 Å². The van der Waals surface area contributed by atoms with E-state index in [1.807, 2.05) is 13.0 Å². The van der Waals surface area contributed by atoms with Gasteiger partial charge in [-0.2, -0.15) is 0 Å². The largest absolute Gasteiger partial charge is 0.419 e. The molecule has 0 spiro atoms. The molecule has 1 unspecified atom stereocenters. The first-order valence-corrected chi connectivity index (χ1v) is 10.6. The lowest BCUT2D eigenvalue weighted by molar-refractivity contribution is -0.135. The molecule has 1 aliphatic rings. The van der Waals surface area contributed by atoms with Gasteiger partial charge in [0, 0.05) is 6.54 Å². The number of carbonyl (C=O) groups is 3. The van der Waals surface area contributed by atoms with Gasteiger partial charge in [0.05, 0.1) is 28.3 Å². The van der Waals surface area contributed by atoms with Crippen LogP contribution in [0.4, 0.5) is 0 Å². The fourth-order valence-corrected chi connectivity index (χ4v) is 3.91. The van der Waals surface area contributed by atoms with Crippen molar-refractivity contribution in [3.63, 3.8) is 0 Å². The van der Waals surface area contributed by atoms with Gasteiger partial charge < -0.3 is 9.32 Å². The van der Waals surface area contributed by atoms with E-state index in [4.69, 9.17) is 16.0 Å². The molecular formula is C23H21ClN4O4. The van der Waals surface area contributed by atoms with E-state index in [9.17, 15) is 14.4 Å². The third-order valence-electron chi connectivity index (χ3n) is 5.27. The van der Waals surface area contributed by atoms with Crippen LogP contribution in [0.25, 0.3) is 11.5 Å². The van der Waals surface area contributed by atoms with Crippen LogP contribution in [-0.2, 0) is 11.3 Å². The van der Waals surface area contributed by atoms with Crippen LogP contribution in [0.15, 0.2) is 52.9 Å². The number of carbonyl (C=O) groups excluding carboxylic acids is 3. The van der Waals surface area contributed by atoms with Gasteiger partial charge in [-0.3, -0.25) is 19.3 Å². The van der Waals surface area contributed by atoms with Gasteiger partial charge in [0.15, 0.2) is 0 Å². The van der Waals surface area contributed by atoms with Crippen molar-refractivity contribution >= 4 is 29.3 Å². The molecule has 0 N–H and O–H groups in total. The molecule has 8 nitrogen and oxygen atoms in total. The summed E-state index contributed by atoms with van der Waals surface area (Å²) < 4.78 is 5.73. The maximum absolute atomic E-state index is 13.3. The second kappa shape index (κ2) is 8.92. The van der Waals surface area contributed by atoms with Gasteiger partial charge in [-0.25, -0.2) is 0 Å². The molecule has 0 aliphatic carbocycles. The zero-order valence-electron chi connectivity index (χ0n) is 17.6. The summed E-state index contributed by atoms with van der Waals surface area (Å²) in [6, 6.07) is 12.7. The predicted octanol–water partition coefficient (Wildman–Crippen LogP) is 3.81. The lowest BCUT2D eigenvalue weighted by Crippen LogP contribution is -2.49. The summed E-state index contributed by atoms with van der Waals surface area (Å²) in [5, 5.41) is 8.55. The Balaban J connectivity index is 1.53. The van der Waals surface area contributed by atoms with Crippen molar-refractivity contribution in [3.8, 4) is 11.5 Å². The van der Waals surface area contributed by atoms with Gasteiger partial charge >= 0.3 is 0 Å². The number of aromatic nitrogens is 2. The number of benzene rings is 2. The number of nitrogens with zero attached hydrogens (tertiary/aromatic N) is 4. The van der Waals surface area contributed by atoms with Crippen molar-refractivity contribution in [1.29, 1.82) is 0 Å². The van der Waals surface area contributed by atoms with Crippen LogP contribution in [0.3, 0.4) is 0 Å². The molecule has 1 aromatic heterocycles. The highest BCUT2D eigenvalue weighted by atomic mass is 35.5. The Hall–Kier alpha value is -3.52. The SMILES string of the molecule is CCCN(Cc1nnc(-c2ccccc2Cl)o1)C(=O)C(C)N1C(=O)c2ccccc2C1=O. The van der Waals surface area contributed by atoms with Gasteiger partial charge in [-0.1, -0.05) is 42.8 Å². The highest BCUT2D eigenvalue weighted by Crippen LogP contribution is 2.27. The average molecular weight is 453 g/mol. The fourth-order valence-electron chi connectivity index (χ4n) is 3.70. The molecule has 0 radical (unpaired) electrons. The van der Waals surface area contributed by atoms with Crippen molar-refractivity contribution < 1.29 is 18.8 Å². The van der Waals surface area contributed by atoms with Crippen LogP contribution in [0, 0.1) is 0 Å². The molecule has 3 amide bonds. The standard InChI is InChI=1S/C23H21ClN4O4/c1-3-12-27(13-19-25-26-20(32-19)17-10-6-7-11-18(17)24)21(29)14(2)28-22(30)15-8-4-5-9-16(15)23(28)31/h4-11,14H,3,12-13H2,1-2H3. The molecule has 4 rings (SSSR count). The number of imide groups is 1. The summed E-state index contributed by atoms with van der Waals surface area (Å²) in [7, 11) is 0. The number of rotatable bonds is 7. The minimum atomic E-state index is -0.972. The van der Waals surface area contributed by atoms with Gasteiger partial charge in [0.1, 0.15) is 6.04 Å². The van der Waals surface area contributed by atoms with Crippen LogP contribution in [0.1, 0.15) is 46.9 Å². The van der Waals surface area contributed by atoms with E-state index in [2.05, 4.69) is 10.2 Å². The van der Waals surface area contributed by atoms with Crippen molar-refractivity contribution in [2.75, 3.05) is 6.54 Å². The van der Waals surface area contributed by atoms with Crippen LogP contribution < -0.4 is 0 Å². The predicted molar refractivity (Wildman–Crippen MR) is 117 cm³/mol. The first-order chi connectivity index (χ1) is 15.4. The molecule has 164 valence electrons. The molecule has 1 aliphatic heterocycles. The van der Waals surface area contributed by atoms with Gasteiger partial charge in [-0.15, -0.1) is 10.2 Å². The Morgan fingerprint density at radius 3 is 2.22 bits per heavy atom. The lowest BCUT2D eigenvalue weighted by Gasteiger charge is -2.28. The lowest BCUT2D eigenvalue weighted by atomic mass is 10.1. The Morgan fingerprint density at radius 2 is 1.62 bits per heavy atom. The van der Waals surface area contributed by atoms with Gasteiger partial charge in [0.2, 0.25) is 17.7 Å². The molecule has 2 heterocycles. The van der Waals surface area contributed by atoms with Crippen molar-refractivity contribution in [3.05, 3.63) is 70.6 Å². The van der Waals surface area contributed by atoms with E-state index in [0.717, 1.165) is 4.90 Å². The third-order valence-corrected chi connectivity index (χ3v) is 5.60. The summed E-state index contributed by atoms with van der Waals surface area (Å²) in [6.07, 6.45) is 0.673. The van der Waals surface area contributed by atoms with Crippen molar-refractivity contribution in [1.82, 2.24) is 20.0 Å². The zero-order chi connectivity index (χ0) is 22.8. The van der Waals surface area contributed by atoms with E-state index in [0.29, 0.717) is 34.7 Å². The van der Waals surface area contributed by atoms with Crippen LogP contribution >= 0.6 is 11.6 Å². The first-order valence-electron chi connectivity index (χ1n) is 10.2. The molecule has 0 bridgehead atoms. The Morgan fingerprint density at radius 1 is 1.03 bits per heavy atom. The number of halogens is 1. The quantitative estimate of drug-likeness (QED) is 0.505. The molecule has 3 aromatic rings. The number of fused-ring (bicyclic) bond motifs is 1. The maximum Gasteiger partial charge on any atom is 0.262 e. The minimum absolute atomic E-state index is 0.0532. The number of hydrogen-bond acceptors (Lipinski definition) is 6. The van der Waals surface area contributed by atoms with Crippen molar-refractivity contribution in [2.45, 2.75) is 32.9 Å². The molecule has 0 fully saturated rings. The van der Waals surface area contributed by atoms with E-state index < -0.39 is 17.9 Å². The summed E-state index contributed by atoms with van der Waals surface area (Å²) in [5.74, 6) is -0.832. The molecule has 9 heteroatoms. The Bertz CT molecular complexity index is 1160. The van der Waals surface area contributed by atoms with E-state index in [1.165, 1.54) is 4.90 Å². The second-order valence-electron chi connectivity index (χ2n) is 7.44. The summed E-state index contributed by atoms with van der Waals surface area (Å²) in [4.78, 5) is 41.3. The smallest absolute Gasteiger partial charge is 0.262 e. The van der Waals surface area contributed by atoms with E-state index >= 15 is 0 Å². The Labute approximate surface area is 189 Å². The van der Waals surface area contributed by atoms with E-state index in [-0.39, 0.29) is 24.2 Å². The fraction of sp³-hybridized carbons (Fsp3) is 0.261. The minimum Gasteiger partial charge on any atom is -0.419 e. The Kier molecular flexibility index (Phi) is 6.05. The van der Waals surface area contributed by atoms with Crippen molar-refractivity contribution in [2.24, 2.45) is 0 Å². The first kappa shape index (κ1) is 21.7. The highest BCUT2D eigenvalue weighted by Gasteiger charge is 2.41. The monoisotopic (exact) mass is 452 g/mol. The molecular weight excluding hydrogens is 432 g/mol. The normalized spacial score (nSPS) is 13.9. The summed E-state index contributed by atoms with van der Waals surface area (Å²) in [6.45, 7) is 3.93. The third kappa shape index (κ3) is 3.89. The molecule has 1 atom stereocenters. The summed E-state index contributed by atoms with van der Waals surface area (Å²) >= 11 is 6.19. The number of amides is 3. The van der Waals surface area contributed by atoms with Crippen LogP contribution in [-0.4, -0.2) is 50.3 Å². The topological polar surface area (TPSA) is 96.6 Å². The molecule has 2 aromatic carbocycles. The van der Waals surface area contributed by atoms with E-state index in [1.54, 1.807) is 49.4 Å². The number of hydrogen-bond donors (Lipinski definition) is 0. The molecule has 0 saturated heterocycles. The summed E-state index contributed by atoms with van der Waals surface area (Å²) in [5.41, 5.74) is 1.21. The maximum atomic E-state index is 13.3. The van der Waals surface area contributed by atoms with Crippen LogP contribution in [0.5, 0.6) is 0 Å². The average Bonchev–Trinajstić information content (AvgIpc) is 3.36. The van der Waals surface area contributed by atoms with Crippen LogP contribution in [0.2, 0.25) is 5.02 Å².